The highest BCUT2D eigenvalue weighted by atomic mass is 79.9. The molecule has 6 heteroatoms. The molecule has 104 valence electrons. The molecule has 2 aromatic carbocycles. The molecule has 2 rings (SSSR count). The molecule has 0 unspecified atom stereocenters. The molecular formula is C14H9BrF2O3. The lowest BCUT2D eigenvalue weighted by molar-refractivity contribution is 0.0600. The second-order valence-corrected chi connectivity index (χ2v) is 4.67. The standard InChI is InChI=1S/C14H9BrF2O3/c1-19-14(18)8-2-4-12(10(15)6-8)20-13-5-3-9(16)7-11(13)17/h2-7H,1H3. The fraction of sp³-hybridized carbons (Fsp3) is 0.0714. The third-order valence-corrected chi connectivity index (χ3v) is 3.09. The first-order chi connectivity index (χ1) is 9.51. The normalized spacial score (nSPS) is 10.2. The van der Waals surface area contributed by atoms with Crippen molar-refractivity contribution in [3.8, 4) is 11.5 Å². The van der Waals surface area contributed by atoms with Crippen molar-refractivity contribution in [2.45, 2.75) is 0 Å². The van der Waals surface area contributed by atoms with E-state index in [0.29, 0.717) is 15.8 Å². The van der Waals surface area contributed by atoms with E-state index < -0.39 is 17.6 Å². The molecule has 0 N–H and O–H groups in total. The molecule has 0 aliphatic carbocycles. The maximum absolute atomic E-state index is 13.5. The summed E-state index contributed by atoms with van der Waals surface area (Å²) < 4.78 is 36.6. The lowest BCUT2D eigenvalue weighted by Gasteiger charge is -2.09. The number of rotatable bonds is 3. The summed E-state index contributed by atoms with van der Waals surface area (Å²) >= 11 is 3.21. The van der Waals surface area contributed by atoms with E-state index in [1.807, 2.05) is 0 Å². The summed E-state index contributed by atoms with van der Waals surface area (Å²) in [7, 11) is 1.27. The molecule has 0 amide bonds. The van der Waals surface area contributed by atoms with E-state index >= 15 is 0 Å². The van der Waals surface area contributed by atoms with Gasteiger partial charge >= 0.3 is 5.97 Å². The molecule has 0 aromatic heterocycles. The van der Waals surface area contributed by atoms with Gasteiger partial charge in [-0.25, -0.2) is 13.6 Å². The van der Waals surface area contributed by atoms with Crippen LogP contribution in [0.4, 0.5) is 8.78 Å². The molecule has 0 fully saturated rings. The Hall–Kier alpha value is -1.95. The topological polar surface area (TPSA) is 35.5 Å². The molecule has 0 radical (unpaired) electrons. The second kappa shape index (κ2) is 6.00. The molecule has 20 heavy (non-hydrogen) atoms. The van der Waals surface area contributed by atoms with Gasteiger partial charge in [0.1, 0.15) is 11.6 Å². The summed E-state index contributed by atoms with van der Waals surface area (Å²) in [5.74, 6) is -1.81. The molecule has 0 aliphatic rings. The van der Waals surface area contributed by atoms with E-state index in [1.54, 1.807) is 0 Å². The zero-order valence-corrected chi connectivity index (χ0v) is 11.9. The Bertz CT molecular complexity index is 659. The minimum atomic E-state index is -0.811. The molecule has 0 saturated carbocycles. The molecular weight excluding hydrogens is 334 g/mol. The molecule has 3 nitrogen and oxygen atoms in total. The van der Waals surface area contributed by atoms with Crippen LogP contribution in [0.25, 0.3) is 0 Å². The van der Waals surface area contributed by atoms with Crippen molar-refractivity contribution in [2.75, 3.05) is 7.11 Å². The van der Waals surface area contributed by atoms with E-state index in [9.17, 15) is 13.6 Å². The molecule has 0 atom stereocenters. The van der Waals surface area contributed by atoms with Crippen LogP contribution in [0.2, 0.25) is 0 Å². The van der Waals surface area contributed by atoms with Gasteiger partial charge in [-0.1, -0.05) is 0 Å². The third kappa shape index (κ3) is 3.14. The number of methoxy groups -OCH3 is 1. The van der Waals surface area contributed by atoms with Crippen LogP contribution in [0.15, 0.2) is 40.9 Å². The number of benzene rings is 2. The quantitative estimate of drug-likeness (QED) is 0.780. The zero-order chi connectivity index (χ0) is 14.7. The Labute approximate surface area is 122 Å². The number of hydrogen-bond donors (Lipinski definition) is 0. The highest BCUT2D eigenvalue weighted by molar-refractivity contribution is 9.10. The highest BCUT2D eigenvalue weighted by Gasteiger charge is 2.12. The Morgan fingerprint density at radius 2 is 1.80 bits per heavy atom. The lowest BCUT2D eigenvalue weighted by atomic mass is 10.2. The maximum Gasteiger partial charge on any atom is 0.337 e. The number of ether oxygens (including phenoxy) is 2. The summed E-state index contributed by atoms with van der Waals surface area (Å²) in [5, 5.41) is 0. The SMILES string of the molecule is COC(=O)c1ccc(Oc2ccc(F)cc2F)c(Br)c1. The van der Waals surface area contributed by atoms with E-state index in [0.717, 1.165) is 12.1 Å². The van der Waals surface area contributed by atoms with Crippen LogP contribution in [0.3, 0.4) is 0 Å². The minimum absolute atomic E-state index is 0.113. The van der Waals surface area contributed by atoms with Crippen molar-refractivity contribution in [1.82, 2.24) is 0 Å². The number of hydrogen-bond acceptors (Lipinski definition) is 3. The van der Waals surface area contributed by atoms with Crippen LogP contribution in [0.5, 0.6) is 11.5 Å². The van der Waals surface area contributed by atoms with Gasteiger partial charge in [0.15, 0.2) is 11.6 Å². The summed E-state index contributed by atoms with van der Waals surface area (Å²) in [4.78, 5) is 11.3. The Morgan fingerprint density at radius 3 is 2.40 bits per heavy atom. The van der Waals surface area contributed by atoms with Gasteiger partial charge in [-0.05, 0) is 46.3 Å². The van der Waals surface area contributed by atoms with Crippen molar-refractivity contribution in [1.29, 1.82) is 0 Å². The van der Waals surface area contributed by atoms with Gasteiger partial charge in [0.25, 0.3) is 0 Å². The number of carbonyl (C=O) groups is 1. The molecule has 2 aromatic rings. The van der Waals surface area contributed by atoms with Crippen molar-refractivity contribution in [3.63, 3.8) is 0 Å². The van der Waals surface area contributed by atoms with Crippen LogP contribution in [0, 0.1) is 11.6 Å². The fourth-order valence-electron chi connectivity index (χ4n) is 1.50. The van der Waals surface area contributed by atoms with E-state index in [1.165, 1.54) is 31.4 Å². The van der Waals surface area contributed by atoms with Gasteiger partial charge in [-0.3, -0.25) is 0 Å². The van der Waals surface area contributed by atoms with Gasteiger partial charge in [-0.2, -0.15) is 0 Å². The van der Waals surface area contributed by atoms with Gasteiger partial charge in [0.2, 0.25) is 0 Å². The van der Waals surface area contributed by atoms with Gasteiger partial charge in [0.05, 0.1) is 17.1 Å². The van der Waals surface area contributed by atoms with Gasteiger partial charge in [0, 0.05) is 6.07 Å². The van der Waals surface area contributed by atoms with E-state index in [2.05, 4.69) is 20.7 Å². The van der Waals surface area contributed by atoms with Gasteiger partial charge < -0.3 is 9.47 Å². The van der Waals surface area contributed by atoms with Crippen molar-refractivity contribution >= 4 is 21.9 Å². The largest absolute Gasteiger partial charge is 0.465 e. The Kier molecular flexibility index (Phi) is 4.34. The number of halogens is 3. The predicted octanol–water partition coefficient (Wildman–Crippen LogP) is 4.31. The van der Waals surface area contributed by atoms with Crippen LogP contribution in [-0.2, 0) is 4.74 Å². The summed E-state index contributed by atoms with van der Waals surface area (Å²) in [6.07, 6.45) is 0. The first kappa shape index (κ1) is 14.5. The van der Waals surface area contributed by atoms with Crippen molar-refractivity contribution in [2.24, 2.45) is 0 Å². The summed E-state index contributed by atoms with van der Waals surface area (Å²) in [6.45, 7) is 0. The Balaban J connectivity index is 2.28. The number of esters is 1. The first-order valence-electron chi connectivity index (χ1n) is 5.52. The smallest absolute Gasteiger partial charge is 0.337 e. The summed E-state index contributed by atoms with van der Waals surface area (Å²) in [6, 6.07) is 7.46. The van der Waals surface area contributed by atoms with Crippen LogP contribution >= 0.6 is 15.9 Å². The van der Waals surface area contributed by atoms with E-state index in [4.69, 9.17) is 4.74 Å². The maximum atomic E-state index is 13.5. The van der Waals surface area contributed by atoms with E-state index in [-0.39, 0.29) is 5.75 Å². The third-order valence-electron chi connectivity index (χ3n) is 2.47. The molecule has 0 aliphatic heterocycles. The first-order valence-corrected chi connectivity index (χ1v) is 6.31. The molecule has 0 bridgehead atoms. The Morgan fingerprint density at radius 1 is 1.10 bits per heavy atom. The van der Waals surface area contributed by atoms with Crippen LogP contribution in [0.1, 0.15) is 10.4 Å². The summed E-state index contributed by atoms with van der Waals surface area (Å²) in [5.41, 5.74) is 0.325. The molecule has 0 saturated heterocycles. The predicted molar refractivity (Wildman–Crippen MR) is 71.9 cm³/mol. The number of carbonyl (C=O) groups excluding carboxylic acids is 1. The highest BCUT2D eigenvalue weighted by Crippen LogP contribution is 2.32. The molecule has 0 heterocycles. The van der Waals surface area contributed by atoms with Crippen LogP contribution < -0.4 is 4.74 Å². The average molecular weight is 343 g/mol. The fourth-order valence-corrected chi connectivity index (χ4v) is 1.96. The average Bonchev–Trinajstić information content (AvgIpc) is 2.42. The van der Waals surface area contributed by atoms with Crippen molar-refractivity contribution in [3.05, 3.63) is 58.1 Å². The zero-order valence-electron chi connectivity index (χ0n) is 10.3. The minimum Gasteiger partial charge on any atom is -0.465 e. The molecule has 0 spiro atoms. The van der Waals surface area contributed by atoms with Crippen molar-refractivity contribution < 1.29 is 23.0 Å². The lowest BCUT2D eigenvalue weighted by Crippen LogP contribution is -2.01. The monoisotopic (exact) mass is 342 g/mol. The second-order valence-electron chi connectivity index (χ2n) is 3.81. The van der Waals surface area contributed by atoms with Gasteiger partial charge in [-0.15, -0.1) is 0 Å². The van der Waals surface area contributed by atoms with Crippen LogP contribution in [-0.4, -0.2) is 13.1 Å².